The fraction of sp³-hybridized carbons (Fsp3) is 0.417. The molecule has 4 nitrogen and oxygen atoms in total. The molecule has 2 N–H and O–H groups in total. The molecule has 0 aliphatic carbocycles. The Hall–Kier alpha value is -1.55. The van der Waals surface area contributed by atoms with Crippen LogP contribution < -0.4 is 5.73 Å². The first-order chi connectivity index (χ1) is 7.83. The first-order valence-corrected chi connectivity index (χ1v) is 5.77. The second-order valence-electron chi connectivity index (χ2n) is 4.41. The van der Waals surface area contributed by atoms with Crippen LogP contribution in [0.4, 0.5) is 5.69 Å². The molecule has 0 saturated carbocycles. The second-order valence-corrected chi connectivity index (χ2v) is 4.41. The van der Waals surface area contributed by atoms with Crippen LogP contribution in [0.5, 0.6) is 0 Å². The molecule has 0 bridgehead atoms. The smallest absolute Gasteiger partial charge is 0.160 e. The van der Waals surface area contributed by atoms with E-state index in [0.717, 1.165) is 23.6 Å². The maximum atomic E-state index is 5.88. The molecule has 3 heterocycles. The van der Waals surface area contributed by atoms with Gasteiger partial charge in [0.1, 0.15) is 0 Å². The Bertz CT molecular complexity index is 497. The number of likely N-dealkylation sites (tertiary alicyclic amines) is 1. The van der Waals surface area contributed by atoms with Gasteiger partial charge in [0.15, 0.2) is 5.65 Å². The molecule has 0 atom stereocenters. The predicted octanol–water partition coefficient (Wildman–Crippen LogP) is 1.51. The summed E-state index contributed by atoms with van der Waals surface area (Å²) in [5.41, 5.74) is 8.61. The molecule has 16 heavy (non-hydrogen) atoms. The highest BCUT2D eigenvalue weighted by Crippen LogP contribution is 2.16. The molecule has 2 aromatic rings. The van der Waals surface area contributed by atoms with Crippen LogP contribution in [-0.2, 0) is 6.54 Å². The number of nitrogens with two attached hydrogens (primary N) is 1. The van der Waals surface area contributed by atoms with E-state index >= 15 is 0 Å². The lowest BCUT2D eigenvalue weighted by atomic mass is 10.4. The molecule has 0 spiro atoms. The van der Waals surface area contributed by atoms with Crippen molar-refractivity contribution in [2.75, 3.05) is 18.8 Å². The fourth-order valence-electron chi connectivity index (χ4n) is 2.33. The number of fused-ring (bicyclic) bond motifs is 1. The van der Waals surface area contributed by atoms with Gasteiger partial charge in [0, 0.05) is 18.9 Å². The average molecular weight is 216 g/mol. The van der Waals surface area contributed by atoms with Crippen LogP contribution >= 0.6 is 0 Å². The van der Waals surface area contributed by atoms with Gasteiger partial charge in [-0.2, -0.15) is 0 Å². The number of nitrogens with zero attached hydrogens (tertiary/aromatic N) is 3. The minimum absolute atomic E-state index is 0.746. The van der Waals surface area contributed by atoms with E-state index < -0.39 is 0 Å². The number of anilines is 1. The van der Waals surface area contributed by atoms with Crippen molar-refractivity contribution >= 4 is 11.3 Å². The molecule has 0 amide bonds. The second kappa shape index (κ2) is 3.79. The molecular formula is C12H16N4. The third-order valence-corrected chi connectivity index (χ3v) is 3.15. The van der Waals surface area contributed by atoms with E-state index in [-0.39, 0.29) is 0 Å². The highest BCUT2D eigenvalue weighted by Gasteiger charge is 2.13. The molecule has 84 valence electrons. The molecule has 0 unspecified atom stereocenters. The summed E-state index contributed by atoms with van der Waals surface area (Å²) >= 11 is 0. The van der Waals surface area contributed by atoms with Crippen molar-refractivity contribution in [1.82, 2.24) is 14.3 Å². The van der Waals surface area contributed by atoms with Crippen molar-refractivity contribution in [3.63, 3.8) is 0 Å². The Morgan fingerprint density at radius 1 is 1.31 bits per heavy atom. The normalized spacial score (nSPS) is 17.2. The number of nitrogen functional groups attached to an aromatic ring is 1. The van der Waals surface area contributed by atoms with Gasteiger partial charge in [-0.05, 0) is 38.1 Å². The highest BCUT2D eigenvalue weighted by molar-refractivity contribution is 5.64. The summed E-state index contributed by atoms with van der Waals surface area (Å²) in [6.07, 6.45) is 6.70. The molecule has 1 saturated heterocycles. The van der Waals surface area contributed by atoms with E-state index in [9.17, 15) is 0 Å². The zero-order valence-electron chi connectivity index (χ0n) is 9.26. The van der Waals surface area contributed by atoms with E-state index in [1.165, 1.54) is 25.9 Å². The van der Waals surface area contributed by atoms with E-state index in [0.29, 0.717) is 0 Å². The van der Waals surface area contributed by atoms with Crippen molar-refractivity contribution in [2.24, 2.45) is 0 Å². The van der Waals surface area contributed by atoms with Gasteiger partial charge in [-0.3, -0.25) is 4.90 Å². The summed E-state index contributed by atoms with van der Waals surface area (Å²) in [4.78, 5) is 7.01. The van der Waals surface area contributed by atoms with E-state index in [2.05, 4.69) is 16.1 Å². The third-order valence-electron chi connectivity index (χ3n) is 3.15. The van der Waals surface area contributed by atoms with Crippen LogP contribution in [0.2, 0.25) is 0 Å². The van der Waals surface area contributed by atoms with Gasteiger partial charge in [-0.25, -0.2) is 4.98 Å². The number of hydrogen-bond donors (Lipinski definition) is 1. The summed E-state index contributed by atoms with van der Waals surface area (Å²) < 4.78 is 2.00. The maximum Gasteiger partial charge on any atom is 0.160 e. The van der Waals surface area contributed by atoms with Crippen LogP contribution in [0.25, 0.3) is 5.65 Å². The van der Waals surface area contributed by atoms with E-state index in [1.807, 2.05) is 22.7 Å². The topological polar surface area (TPSA) is 46.6 Å². The van der Waals surface area contributed by atoms with E-state index in [1.54, 1.807) is 0 Å². The van der Waals surface area contributed by atoms with Crippen molar-refractivity contribution in [1.29, 1.82) is 0 Å². The van der Waals surface area contributed by atoms with Crippen molar-refractivity contribution in [3.8, 4) is 0 Å². The van der Waals surface area contributed by atoms with Gasteiger partial charge in [-0.1, -0.05) is 0 Å². The molecule has 1 aliphatic rings. The lowest BCUT2D eigenvalue weighted by Crippen LogP contribution is -2.18. The molecule has 1 fully saturated rings. The lowest BCUT2D eigenvalue weighted by Gasteiger charge is -2.11. The SMILES string of the molecule is Nc1cccn2cc(CN3CCCC3)nc12. The van der Waals surface area contributed by atoms with Gasteiger partial charge in [0.25, 0.3) is 0 Å². The Kier molecular flexibility index (Phi) is 2.29. The summed E-state index contributed by atoms with van der Waals surface area (Å²) in [6.45, 7) is 3.34. The van der Waals surface area contributed by atoms with Crippen molar-refractivity contribution < 1.29 is 0 Å². The number of rotatable bonds is 2. The Balaban J connectivity index is 1.90. The first-order valence-electron chi connectivity index (χ1n) is 5.77. The molecule has 0 radical (unpaired) electrons. The van der Waals surface area contributed by atoms with Crippen LogP contribution in [0.15, 0.2) is 24.5 Å². The van der Waals surface area contributed by atoms with Crippen LogP contribution in [-0.4, -0.2) is 27.4 Å². The van der Waals surface area contributed by atoms with Gasteiger partial charge in [0.2, 0.25) is 0 Å². The maximum absolute atomic E-state index is 5.88. The van der Waals surface area contributed by atoms with Gasteiger partial charge in [0.05, 0.1) is 11.4 Å². The average Bonchev–Trinajstić information content (AvgIpc) is 2.88. The first kappa shape index (κ1) is 9.66. The quantitative estimate of drug-likeness (QED) is 0.827. The molecule has 2 aromatic heterocycles. The summed E-state index contributed by atoms with van der Waals surface area (Å²) in [5.74, 6) is 0. The molecule has 0 aromatic carbocycles. The monoisotopic (exact) mass is 216 g/mol. The van der Waals surface area contributed by atoms with Gasteiger partial charge >= 0.3 is 0 Å². The minimum Gasteiger partial charge on any atom is -0.396 e. The predicted molar refractivity (Wildman–Crippen MR) is 64.1 cm³/mol. The molecule has 1 aliphatic heterocycles. The number of pyridine rings is 1. The summed E-state index contributed by atoms with van der Waals surface area (Å²) in [6, 6.07) is 3.84. The number of imidazole rings is 1. The number of aromatic nitrogens is 2. The van der Waals surface area contributed by atoms with E-state index in [4.69, 9.17) is 5.73 Å². The third kappa shape index (κ3) is 1.65. The number of hydrogen-bond acceptors (Lipinski definition) is 3. The molecule has 3 rings (SSSR count). The largest absolute Gasteiger partial charge is 0.396 e. The Labute approximate surface area is 94.7 Å². The Morgan fingerprint density at radius 3 is 2.88 bits per heavy atom. The van der Waals surface area contributed by atoms with Crippen LogP contribution in [0, 0.1) is 0 Å². The zero-order chi connectivity index (χ0) is 11.0. The molecule has 4 heteroatoms. The highest BCUT2D eigenvalue weighted by atomic mass is 15.2. The van der Waals surface area contributed by atoms with Crippen LogP contribution in [0.1, 0.15) is 18.5 Å². The fourth-order valence-corrected chi connectivity index (χ4v) is 2.33. The zero-order valence-corrected chi connectivity index (χ0v) is 9.26. The Morgan fingerprint density at radius 2 is 2.12 bits per heavy atom. The van der Waals surface area contributed by atoms with Crippen molar-refractivity contribution in [2.45, 2.75) is 19.4 Å². The minimum atomic E-state index is 0.746. The van der Waals surface area contributed by atoms with Gasteiger partial charge in [-0.15, -0.1) is 0 Å². The van der Waals surface area contributed by atoms with Crippen LogP contribution in [0.3, 0.4) is 0 Å². The van der Waals surface area contributed by atoms with Gasteiger partial charge < -0.3 is 10.1 Å². The lowest BCUT2D eigenvalue weighted by molar-refractivity contribution is 0.328. The molecular weight excluding hydrogens is 200 g/mol. The standard InChI is InChI=1S/C12H16N4/c13-11-4-3-7-16-9-10(14-12(11)16)8-15-5-1-2-6-15/h3-4,7,9H,1-2,5-6,8,13H2. The van der Waals surface area contributed by atoms with Crippen molar-refractivity contribution in [3.05, 3.63) is 30.2 Å². The summed E-state index contributed by atoms with van der Waals surface area (Å²) in [7, 11) is 0. The summed E-state index contributed by atoms with van der Waals surface area (Å²) in [5, 5.41) is 0.